The van der Waals surface area contributed by atoms with Crippen molar-refractivity contribution in [1.82, 2.24) is 9.80 Å². The van der Waals surface area contributed by atoms with Crippen molar-refractivity contribution in [3.05, 3.63) is 53.1 Å². The van der Waals surface area contributed by atoms with Gasteiger partial charge in [-0.25, -0.2) is 0 Å². The van der Waals surface area contributed by atoms with Gasteiger partial charge in [0, 0.05) is 20.0 Å². The van der Waals surface area contributed by atoms with E-state index in [-0.39, 0.29) is 18.4 Å². The van der Waals surface area contributed by atoms with E-state index in [1.54, 1.807) is 24.0 Å². The number of nitrogens with zero attached hydrogens (tertiary/aromatic N) is 2. The molecular formula is C27H36N2O3. The third-order valence-electron chi connectivity index (χ3n) is 6.45. The number of rotatable bonds is 9. The molecule has 0 radical (unpaired) electrons. The van der Waals surface area contributed by atoms with Crippen LogP contribution in [-0.4, -0.2) is 54.9 Å². The van der Waals surface area contributed by atoms with Gasteiger partial charge in [0.05, 0.1) is 13.7 Å². The molecule has 172 valence electrons. The summed E-state index contributed by atoms with van der Waals surface area (Å²) in [6.45, 7) is 7.15. The zero-order valence-corrected chi connectivity index (χ0v) is 20.1. The average molecular weight is 437 g/mol. The molecular weight excluding hydrogens is 400 g/mol. The first-order chi connectivity index (χ1) is 15.3. The van der Waals surface area contributed by atoms with Gasteiger partial charge in [0.1, 0.15) is 11.8 Å². The van der Waals surface area contributed by atoms with Crippen molar-refractivity contribution in [2.24, 2.45) is 0 Å². The molecule has 0 bridgehead atoms. The molecule has 2 aromatic rings. The first-order valence-corrected chi connectivity index (χ1v) is 11.6. The van der Waals surface area contributed by atoms with Crippen molar-refractivity contribution >= 4 is 11.8 Å². The van der Waals surface area contributed by atoms with Crippen molar-refractivity contribution < 1.29 is 14.3 Å². The zero-order chi connectivity index (χ0) is 23.3. The first-order valence-electron chi connectivity index (χ1n) is 11.6. The first kappa shape index (κ1) is 23.8. The molecule has 0 unspecified atom stereocenters. The third-order valence-corrected chi connectivity index (χ3v) is 6.45. The number of unbranched alkanes of at least 4 members (excludes halogenated alkanes) is 3. The molecule has 2 amide bonds. The van der Waals surface area contributed by atoms with Crippen LogP contribution in [0.3, 0.4) is 0 Å². The Morgan fingerprint density at radius 3 is 2.22 bits per heavy atom. The highest BCUT2D eigenvalue weighted by Gasteiger charge is 2.36. The fourth-order valence-electron chi connectivity index (χ4n) is 4.54. The Morgan fingerprint density at radius 2 is 1.62 bits per heavy atom. The minimum atomic E-state index is -0.432. The topological polar surface area (TPSA) is 49.9 Å². The summed E-state index contributed by atoms with van der Waals surface area (Å²) in [6.07, 6.45) is 4.91. The molecule has 0 spiro atoms. The summed E-state index contributed by atoms with van der Waals surface area (Å²) in [5.74, 6) is 1.01. The number of likely N-dealkylation sites (N-methyl/N-ethyl adjacent to an activating group) is 1. The number of hydrogen-bond acceptors (Lipinski definition) is 3. The van der Waals surface area contributed by atoms with Crippen LogP contribution in [-0.2, 0) is 16.0 Å². The number of benzene rings is 2. The number of methoxy groups -OCH3 is 1. The van der Waals surface area contributed by atoms with Gasteiger partial charge in [0.15, 0.2) is 0 Å². The van der Waals surface area contributed by atoms with Gasteiger partial charge in [-0.1, -0.05) is 50.5 Å². The maximum absolute atomic E-state index is 13.1. The van der Waals surface area contributed by atoms with Crippen LogP contribution in [0.15, 0.2) is 36.4 Å². The van der Waals surface area contributed by atoms with E-state index in [1.165, 1.54) is 6.42 Å². The molecule has 5 heteroatoms. The maximum Gasteiger partial charge on any atom is 0.246 e. The highest BCUT2D eigenvalue weighted by molar-refractivity contribution is 5.94. The molecule has 32 heavy (non-hydrogen) atoms. The lowest BCUT2D eigenvalue weighted by molar-refractivity contribution is -0.154. The minimum Gasteiger partial charge on any atom is -0.496 e. The lowest BCUT2D eigenvalue weighted by atomic mass is 9.96. The van der Waals surface area contributed by atoms with E-state index in [2.05, 4.69) is 57.2 Å². The summed E-state index contributed by atoms with van der Waals surface area (Å²) < 4.78 is 5.48. The van der Waals surface area contributed by atoms with Crippen LogP contribution in [0.5, 0.6) is 5.75 Å². The monoisotopic (exact) mass is 436 g/mol. The van der Waals surface area contributed by atoms with E-state index in [4.69, 9.17) is 4.74 Å². The molecule has 1 aliphatic rings. The number of carbonyl (C=O) groups is 2. The molecule has 0 N–H and O–H groups in total. The summed E-state index contributed by atoms with van der Waals surface area (Å²) >= 11 is 0. The lowest BCUT2D eigenvalue weighted by Crippen LogP contribution is -2.59. The van der Waals surface area contributed by atoms with Gasteiger partial charge in [-0.3, -0.25) is 9.59 Å². The molecule has 1 saturated heterocycles. The Kier molecular flexibility index (Phi) is 7.94. The molecule has 1 fully saturated rings. The fraction of sp³-hybridized carbons (Fsp3) is 0.481. The van der Waals surface area contributed by atoms with Crippen molar-refractivity contribution in [3.63, 3.8) is 0 Å². The van der Waals surface area contributed by atoms with Gasteiger partial charge in [0.25, 0.3) is 0 Å². The van der Waals surface area contributed by atoms with Crippen molar-refractivity contribution in [2.75, 3.05) is 27.2 Å². The van der Waals surface area contributed by atoms with Crippen LogP contribution in [0.25, 0.3) is 11.1 Å². The molecule has 1 atom stereocenters. The third kappa shape index (κ3) is 5.32. The van der Waals surface area contributed by atoms with Crippen molar-refractivity contribution in [2.45, 2.75) is 58.9 Å². The molecule has 1 heterocycles. The van der Waals surface area contributed by atoms with E-state index >= 15 is 0 Å². The van der Waals surface area contributed by atoms with Gasteiger partial charge in [-0.15, -0.1) is 0 Å². The summed E-state index contributed by atoms with van der Waals surface area (Å²) in [5.41, 5.74) is 5.55. The summed E-state index contributed by atoms with van der Waals surface area (Å²) in [5, 5.41) is 0. The molecule has 0 aliphatic carbocycles. The van der Waals surface area contributed by atoms with Crippen molar-refractivity contribution in [3.8, 4) is 16.9 Å². The second-order valence-corrected chi connectivity index (χ2v) is 8.89. The number of amides is 2. The Labute approximate surface area is 192 Å². The lowest BCUT2D eigenvalue weighted by Gasteiger charge is -2.38. The van der Waals surface area contributed by atoms with E-state index in [1.807, 2.05) is 0 Å². The van der Waals surface area contributed by atoms with E-state index in [9.17, 15) is 9.59 Å². The average Bonchev–Trinajstić information content (AvgIpc) is 2.77. The van der Waals surface area contributed by atoms with Crippen LogP contribution < -0.4 is 4.74 Å². The van der Waals surface area contributed by atoms with Gasteiger partial charge < -0.3 is 14.5 Å². The van der Waals surface area contributed by atoms with Crippen LogP contribution >= 0.6 is 0 Å². The molecule has 2 aromatic carbocycles. The van der Waals surface area contributed by atoms with Crippen LogP contribution in [0, 0.1) is 13.8 Å². The van der Waals surface area contributed by atoms with E-state index in [0.717, 1.165) is 52.8 Å². The summed E-state index contributed by atoms with van der Waals surface area (Å²) in [6, 6.07) is 12.1. The van der Waals surface area contributed by atoms with Gasteiger partial charge in [-0.05, 0) is 60.2 Å². The van der Waals surface area contributed by atoms with Gasteiger partial charge in [-0.2, -0.15) is 0 Å². The largest absolute Gasteiger partial charge is 0.496 e. The molecule has 5 nitrogen and oxygen atoms in total. The number of aryl methyl sites for hydroxylation is 2. The standard InChI is InChI=1S/C27H36N2O3/c1-6-7-8-9-14-29-18-25(30)28(4)24(27(29)31)17-21-10-12-22(13-11-21)23-15-19(2)26(32-5)20(3)16-23/h10-13,15-16,24H,6-9,14,17-18H2,1-5H3/t24-/m0/s1. The Hall–Kier alpha value is -2.82. The predicted molar refractivity (Wildman–Crippen MR) is 129 cm³/mol. The van der Waals surface area contributed by atoms with Gasteiger partial charge >= 0.3 is 0 Å². The SMILES string of the molecule is CCCCCCN1CC(=O)N(C)[C@@H](Cc2ccc(-c3cc(C)c(OC)c(C)c3)cc2)C1=O. The van der Waals surface area contributed by atoms with Crippen molar-refractivity contribution in [1.29, 1.82) is 0 Å². The molecule has 1 aliphatic heterocycles. The van der Waals surface area contributed by atoms with Crippen LogP contribution in [0.2, 0.25) is 0 Å². The smallest absolute Gasteiger partial charge is 0.246 e. The van der Waals surface area contributed by atoms with Gasteiger partial charge in [0.2, 0.25) is 11.8 Å². The summed E-state index contributed by atoms with van der Waals surface area (Å²) in [7, 11) is 3.45. The molecule has 0 aromatic heterocycles. The van der Waals surface area contributed by atoms with Crippen LogP contribution in [0.1, 0.15) is 49.3 Å². The molecule has 0 saturated carbocycles. The normalized spacial score (nSPS) is 16.6. The second-order valence-electron chi connectivity index (χ2n) is 8.89. The summed E-state index contributed by atoms with van der Waals surface area (Å²) in [4.78, 5) is 29.0. The van der Waals surface area contributed by atoms with Crippen LogP contribution in [0.4, 0.5) is 0 Å². The number of carbonyl (C=O) groups excluding carboxylic acids is 2. The minimum absolute atomic E-state index is 0.0193. The highest BCUT2D eigenvalue weighted by Crippen LogP contribution is 2.30. The Bertz CT molecular complexity index is 929. The Morgan fingerprint density at radius 1 is 0.969 bits per heavy atom. The second kappa shape index (κ2) is 10.7. The molecule has 3 rings (SSSR count). The number of ether oxygens (including phenoxy) is 1. The quantitative estimate of drug-likeness (QED) is 0.532. The number of piperazine rings is 1. The highest BCUT2D eigenvalue weighted by atomic mass is 16.5. The van der Waals surface area contributed by atoms with E-state index in [0.29, 0.717) is 13.0 Å². The number of hydrogen-bond donors (Lipinski definition) is 0. The fourth-order valence-corrected chi connectivity index (χ4v) is 4.54. The van der Waals surface area contributed by atoms with E-state index < -0.39 is 6.04 Å². The predicted octanol–water partition coefficient (Wildman–Crippen LogP) is 4.77. The maximum atomic E-state index is 13.1. The Balaban J connectivity index is 1.72. The zero-order valence-electron chi connectivity index (χ0n) is 20.1.